The van der Waals surface area contributed by atoms with Gasteiger partial charge in [-0.2, -0.15) is 0 Å². The zero-order valence-corrected chi connectivity index (χ0v) is 13.9. The second-order valence-corrected chi connectivity index (χ2v) is 7.06. The topological polar surface area (TPSA) is 44.8 Å². The molecule has 122 valence electrons. The summed E-state index contributed by atoms with van der Waals surface area (Å²) in [7, 11) is 5.99. The zero-order valence-electron chi connectivity index (χ0n) is 13.9. The maximum absolute atomic E-state index is 12.2. The normalized spacial score (nSPS) is 25.6. The Morgan fingerprint density at radius 3 is 2.67 bits per heavy atom. The molecule has 0 bridgehead atoms. The molecular weight excluding hydrogens is 266 g/mol. The van der Waals surface area contributed by atoms with Crippen molar-refractivity contribution in [3.63, 3.8) is 0 Å². The van der Waals surface area contributed by atoms with Gasteiger partial charge in [-0.3, -0.25) is 9.69 Å². The molecule has 2 aliphatic rings. The first-order valence-corrected chi connectivity index (χ1v) is 8.19. The van der Waals surface area contributed by atoms with Crippen LogP contribution < -0.4 is 5.32 Å². The Labute approximate surface area is 129 Å². The summed E-state index contributed by atoms with van der Waals surface area (Å²) in [5, 5.41) is 3.15. The van der Waals surface area contributed by atoms with E-state index in [4.69, 9.17) is 4.74 Å². The summed E-state index contributed by atoms with van der Waals surface area (Å²) in [5.74, 6) is 0.164. The summed E-state index contributed by atoms with van der Waals surface area (Å²) in [6.07, 6.45) is 6.03. The lowest BCUT2D eigenvalue weighted by Crippen LogP contribution is -2.43. The minimum Gasteiger partial charge on any atom is -0.384 e. The standard InChI is InChI=1S/C16H31N3O2/c1-18(2)14-6-9-19(10-14)11-15(20)17-12-16(13-21-3)7-4-5-8-16/h14H,4-13H2,1-3H3,(H,17,20). The van der Waals surface area contributed by atoms with Crippen molar-refractivity contribution >= 4 is 5.91 Å². The van der Waals surface area contributed by atoms with E-state index < -0.39 is 0 Å². The van der Waals surface area contributed by atoms with Crippen LogP contribution in [0.5, 0.6) is 0 Å². The smallest absolute Gasteiger partial charge is 0.234 e. The molecule has 1 atom stereocenters. The maximum atomic E-state index is 12.2. The fourth-order valence-corrected chi connectivity index (χ4v) is 3.73. The third-order valence-electron chi connectivity index (χ3n) is 5.12. The number of nitrogens with one attached hydrogen (secondary N) is 1. The number of likely N-dealkylation sites (N-methyl/N-ethyl adjacent to an activating group) is 1. The molecule has 0 aromatic carbocycles. The summed E-state index contributed by atoms with van der Waals surface area (Å²) >= 11 is 0. The molecule has 0 radical (unpaired) electrons. The molecule has 0 aromatic heterocycles. The summed E-state index contributed by atoms with van der Waals surface area (Å²) in [6, 6.07) is 0.590. The van der Waals surface area contributed by atoms with E-state index in [1.54, 1.807) is 7.11 Å². The molecule has 2 fully saturated rings. The minimum absolute atomic E-state index is 0.164. The first-order chi connectivity index (χ1) is 10.0. The Hall–Kier alpha value is -0.650. The van der Waals surface area contributed by atoms with E-state index in [0.29, 0.717) is 12.6 Å². The minimum atomic E-state index is 0.164. The molecule has 5 heteroatoms. The number of amides is 1. The fraction of sp³-hybridized carbons (Fsp3) is 0.938. The van der Waals surface area contributed by atoms with Crippen LogP contribution in [0.15, 0.2) is 0 Å². The van der Waals surface area contributed by atoms with Gasteiger partial charge in [0.05, 0.1) is 13.2 Å². The van der Waals surface area contributed by atoms with Crippen LogP contribution in [0.4, 0.5) is 0 Å². The summed E-state index contributed by atoms with van der Waals surface area (Å²) < 4.78 is 5.37. The molecule has 21 heavy (non-hydrogen) atoms. The number of nitrogens with zero attached hydrogens (tertiary/aromatic N) is 2. The van der Waals surface area contributed by atoms with Gasteiger partial charge >= 0.3 is 0 Å². The van der Waals surface area contributed by atoms with E-state index in [0.717, 1.165) is 32.7 Å². The van der Waals surface area contributed by atoms with Gasteiger partial charge in [-0.15, -0.1) is 0 Å². The molecule has 5 nitrogen and oxygen atoms in total. The Bertz CT molecular complexity index is 340. The van der Waals surface area contributed by atoms with Crippen molar-refractivity contribution in [1.29, 1.82) is 0 Å². The predicted molar refractivity (Wildman–Crippen MR) is 84.3 cm³/mol. The first kappa shape index (κ1) is 16.7. The van der Waals surface area contributed by atoms with Crippen molar-refractivity contribution in [2.45, 2.75) is 38.1 Å². The lowest BCUT2D eigenvalue weighted by atomic mass is 9.87. The van der Waals surface area contributed by atoms with E-state index >= 15 is 0 Å². The van der Waals surface area contributed by atoms with E-state index in [9.17, 15) is 4.79 Å². The molecule has 0 aromatic rings. The van der Waals surface area contributed by atoms with Crippen LogP contribution in [0, 0.1) is 5.41 Å². The summed E-state index contributed by atoms with van der Waals surface area (Å²) in [6.45, 7) is 4.10. The number of hydrogen-bond acceptors (Lipinski definition) is 4. The number of methoxy groups -OCH3 is 1. The van der Waals surface area contributed by atoms with Gasteiger partial charge in [-0.25, -0.2) is 0 Å². The molecule has 1 aliphatic heterocycles. The molecule has 1 N–H and O–H groups in total. The average molecular weight is 297 g/mol. The maximum Gasteiger partial charge on any atom is 0.234 e. The van der Waals surface area contributed by atoms with Crippen LogP contribution in [0.1, 0.15) is 32.1 Å². The van der Waals surface area contributed by atoms with Gasteiger partial charge in [0.1, 0.15) is 0 Å². The number of likely N-dealkylation sites (tertiary alicyclic amines) is 1. The van der Waals surface area contributed by atoms with Crippen LogP contribution in [0.3, 0.4) is 0 Å². The largest absolute Gasteiger partial charge is 0.384 e. The quantitative estimate of drug-likeness (QED) is 0.760. The van der Waals surface area contributed by atoms with E-state index in [2.05, 4.69) is 29.2 Å². The van der Waals surface area contributed by atoms with Crippen LogP contribution in [-0.4, -0.2) is 75.7 Å². The molecule has 1 saturated heterocycles. The van der Waals surface area contributed by atoms with E-state index in [1.807, 2.05) is 0 Å². The van der Waals surface area contributed by atoms with Gasteiger partial charge in [0.25, 0.3) is 0 Å². The highest BCUT2D eigenvalue weighted by molar-refractivity contribution is 5.78. The molecule has 1 amide bonds. The third-order valence-corrected chi connectivity index (χ3v) is 5.12. The number of rotatable bonds is 7. The monoisotopic (exact) mass is 297 g/mol. The first-order valence-electron chi connectivity index (χ1n) is 8.19. The van der Waals surface area contributed by atoms with E-state index in [-0.39, 0.29) is 11.3 Å². The van der Waals surface area contributed by atoms with Gasteiger partial charge in [0.2, 0.25) is 5.91 Å². The van der Waals surface area contributed by atoms with Crippen LogP contribution in [0.2, 0.25) is 0 Å². The molecule has 1 unspecified atom stereocenters. The van der Waals surface area contributed by atoms with Crippen LogP contribution >= 0.6 is 0 Å². The highest BCUT2D eigenvalue weighted by Crippen LogP contribution is 2.37. The van der Waals surface area contributed by atoms with E-state index in [1.165, 1.54) is 25.7 Å². The summed E-state index contributed by atoms with van der Waals surface area (Å²) in [5.41, 5.74) is 0.182. The highest BCUT2D eigenvalue weighted by Gasteiger charge is 2.34. The molecule has 0 spiro atoms. The van der Waals surface area contributed by atoms with Gasteiger partial charge in [-0.1, -0.05) is 12.8 Å². The second kappa shape index (κ2) is 7.56. The SMILES string of the molecule is COCC1(CNC(=O)CN2CCC(N(C)C)C2)CCCC1. The van der Waals surface area contributed by atoms with Gasteiger partial charge in [0, 0.05) is 38.2 Å². The van der Waals surface area contributed by atoms with Crippen molar-refractivity contribution in [1.82, 2.24) is 15.1 Å². The van der Waals surface area contributed by atoms with Gasteiger partial charge in [-0.05, 0) is 33.4 Å². The average Bonchev–Trinajstić information content (AvgIpc) is 3.07. The molecule has 1 heterocycles. The number of carbonyl (C=O) groups is 1. The van der Waals surface area contributed by atoms with Crippen LogP contribution in [0.25, 0.3) is 0 Å². The molecule has 1 saturated carbocycles. The number of hydrogen-bond donors (Lipinski definition) is 1. The fourth-order valence-electron chi connectivity index (χ4n) is 3.73. The van der Waals surface area contributed by atoms with Crippen molar-refractivity contribution < 1.29 is 9.53 Å². The molecular formula is C16H31N3O2. The lowest BCUT2D eigenvalue weighted by molar-refractivity contribution is -0.122. The van der Waals surface area contributed by atoms with Gasteiger partial charge in [0.15, 0.2) is 0 Å². The third kappa shape index (κ3) is 4.66. The van der Waals surface area contributed by atoms with Crippen molar-refractivity contribution in [3.8, 4) is 0 Å². The zero-order chi connectivity index (χ0) is 15.3. The Morgan fingerprint density at radius 2 is 2.10 bits per heavy atom. The molecule has 2 rings (SSSR count). The van der Waals surface area contributed by atoms with Crippen molar-refractivity contribution in [2.75, 3.05) is 54.0 Å². The summed E-state index contributed by atoms with van der Waals surface area (Å²) in [4.78, 5) is 16.7. The van der Waals surface area contributed by atoms with Crippen LogP contribution in [-0.2, 0) is 9.53 Å². The Kier molecular flexibility index (Phi) is 6.02. The van der Waals surface area contributed by atoms with Crippen molar-refractivity contribution in [2.24, 2.45) is 5.41 Å². The molecule has 1 aliphatic carbocycles. The highest BCUT2D eigenvalue weighted by atomic mass is 16.5. The number of carbonyl (C=O) groups excluding carboxylic acids is 1. The Balaban J connectivity index is 1.72. The number of ether oxygens (including phenoxy) is 1. The van der Waals surface area contributed by atoms with Crippen molar-refractivity contribution in [3.05, 3.63) is 0 Å². The van der Waals surface area contributed by atoms with Gasteiger partial charge < -0.3 is 15.0 Å². The predicted octanol–water partition coefficient (Wildman–Crippen LogP) is 0.945. The lowest BCUT2D eigenvalue weighted by Gasteiger charge is -2.28. The second-order valence-electron chi connectivity index (χ2n) is 7.06. The Morgan fingerprint density at radius 1 is 1.38 bits per heavy atom.